The first-order valence-corrected chi connectivity index (χ1v) is 6.98. The Morgan fingerprint density at radius 3 is 3.00 bits per heavy atom. The highest BCUT2D eigenvalue weighted by Crippen LogP contribution is 2.37. The van der Waals surface area contributed by atoms with E-state index in [0.717, 1.165) is 25.0 Å². The molecule has 1 aromatic carbocycles. The van der Waals surface area contributed by atoms with E-state index in [1.54, 1.807) is 11.3 Å². The SMILES string of the molecule is Cc1cccc(C2(N)CCc3nc(N)sc3C2)c1. The maximum Gasteiger partial charge on any atom is 0.180 e. The molecule has 0 saturated carbocycles. The molecule has 1 aliphatic carbocycles. The van der Waals surface area contributed by atoms with E-state index in [0.29, 0.717) is 5.13 Å². The lowest BCUT2D eigenvalue weighted by Crippen LogP contribution is -2.41. The molecule has 1 heterocycles. The van der Waals surface area contributed by atoms with Crippen LogP contribution in [0, 0.1) is 6.92 Å². The molecule has 3 nitrogen and oxygen atoms in total. The summed E-state index contributed by atoms with van der Waals surface area (Å²) in [5.74, 6) is 0. The second-order valence-corrected chi connectivity index (χ2v) is 6.24. The predicted molar refractivity (Wildman–Crippen MR) is 75.6 cm³/mol. The Balaban J connectivity index is 1.98. The molecule has 3 rings (SSSR count). The highest BCUT2D eigenvalue weighted by Gasteiger charge is 2.34. The van der Waals surface area contributed by atoms with E-state index >= 15 is 0 Å². The number of nitrogens with zero attached hydrogens (tertiary/aromatic N) is 1. The molecule has 0 bridgehead atoms. The van der Waals surface area contributed by atoms with E-state index in [1.165, 1.54) is 16.0 Å². The quantitative estimate of drug-likeness (QED) is 0.826. The van der Waals surface area contributed by atoms with Crippen molar-refractivity contribution in [3.8, 4) is 0 Å². The minimum absolute atomic E-state index is 0.266. The van der Waals surface area contributed by atoms with Crippen LogP contribution in [0.1, 0.15) is 28.1 Å². The highest BCUT2D eigenvalue weighted by atomic mass is 32.1. The number of rotatable bonds is 1. The fourth-order valence-electron chi connectivity index (χ4n) is 2.65. The first-order valence-electron chi connectivity index (χ1n) is 6.17. The van der Waals surface area contributed by atoms with Crippen molar-refractivity contribution in [2.75, 3.05) is 5.73 Å². The van der Waals surface area contributed by atoms with Gasteiger partial charge in [0.25, 0.3) is 0 Å². The lowest BCUT2D eigenvalue weighted by atomic mass is 9.78. The fourth-order valence-corrected chi connectivity index (χ4v) is 3.66. The molecule has 0 amide bonds. The van der Waals surface area contributed by atoms with Crippen LogP contribution in [0.2, 0.25) is 0 Å². The minimum atomic E-state index is -0.266. The molecule has 4 heteroatoms. The monoisotopic (exact) mass is 259 g/mol. The number of nitrogens with two attached hydrogens (primary N) is 2. The van der Waals surface area contributed by atoms with E-state index in [2.05, 4.69) is 36.2 Å². The van der Waals surface area contributed by atoms with Crippen LogP contribution in [-0.2, 0) is 18.4 Å². The zero-order valence-electron chi connectivity index (χ0n) is 10.4. The third-order valence-electron chi connectivity index (χ3n) is 3.67. The van der Waals surface area contributed by atoms with Crippen molar-refractivity contribution in [2.24, 2.45) is 5.73 Å². The Morgan fingerprint density at radius 2 is 2.22 bits per heavy atom. The van der Waals surface area contributed by atoms with Gasteiger partial charge in [0.1, 0.15) is 0 Å². The van der Waals surface area contributed by atoms with Crippen LogP contribution in [0.15, 0.2) is 24.3 Å². The Morgan fingerprint density at radius 1 is 1.39 bits per heavy atom. The van der Waals surface area contributed by atoms with Crippen LogP contribution in [0.4, 0.5) is 5.13 Å². The molecule has 0 fully saturated rings. The topological polar surface area (TPSA) is 64.9 Å². The molecule has 1 aromatic heterocycles. The molecule has 1 atom stereocenters. The van der Waals surface area contributed by atoms with E-state index in [-0.39, 0.29) is 5.54 Å². The summed E-state index contributed by atoms with van der Waals surface area (Å²) in [6.07, 6.45) is 2.71. The standard InChI is InChI=1S/C14H17N3S/c1-9-3-2-4-10(7-9)14(16)6-5-11-12(8-14)18-13(15)17-11/h2-4,7H,5-6,8,16H2,1H3,(H2,15,17). The molecule has 94 valence electrons. The smallest absolute Gasteiger partial charge is 0.180 e. The molecule has 0 radical (unpaired) electrons. The van der Waals surface area contributed by atoms with Gasteiger partial charge in [-0.1, -0.05) is 29.8 Å². The van der Waals surface area contributed by atoms with E-state index in [9.17, 15) is 0 Å². The summed E-state index contributed by atoms with van der Waals surface area (Å²) in [7, 11) is 0. The molecule has 4 N–H and O–H groups in total. The summed E-state index contributed by atoms with van der Waals surface area (Å²) >= 11 is 1.58. The molecule has 0 aliphatic heterocycles. The Bertz CT molecular complexity index is 590. The molecule has 0 saturated heterocycles. The van der Waals surface area contributed by atoms with Gasteiger partial charge in [-0.05, 0) is 25.3 Å². The zero-order valence-corrected chi connectivity index (χ0v) is 11.3. The molecule has 18 heavy (non-hydrogen) atoms. The fraction of sp³-hybridized carbons (Fsp3) is 0.357. The molecule has 2 aromatic rings. The van der Waals surface area contributed by atoms with Crippen molar-refractivity contribution in [1.29, 1.82) is 0 Å². The van der Waals surface area contributed by atoms with E-state index in [4.69, 9.17) is 11.5 Å². The number of aryl methyl sites for hydroxylation is 2. The van der Waals surface area contributed by atoms with Crippen molar-refractivity contribution in [3.63, 3.8) is 0 Å². The van der Waals surface area contributed by atoms with Crippen molar-refractivity contribution in [1.82, 2.24) is 4.98 Å². The molecule has 0 spiro atoms. The van der Waals surface area contributed by atoms with Gasteiger partial charge in [-0.2, -0.15) is 0 Å². The second kappa shape index (κ2) is 4.07. The van der Waals surface area contributed by atoms with E-state index in [1.807, 2.05) is 0 Å². The third kappa shape index (κ3) is 1.91. The summed E-state index contributed by atoms with van der Waals surface area (Å²) < 4.78 is 0. The molecule has 1 aliphatic rings. The number of nitrogen functional groups attached to an aromatic ring is 1. The van der Waals surface area contributed by atoms with Crippen LogP contribution >= 0.6 is 11.3 Å². The third-order valence-corrected chi connectivity index (χ3v) is 4.60. The van der Waals surface area contributed by atoms with E-state index < -0.39 is 0 Å². The maximum absolute atomic E-state index is 6.61. The van der Waals surface area contributed by atoms with Gasteiger partial charge in [0.05, 0.1) is 5.69 Å². The zero-order chi connectivity index (χ0) is 12.8. The Labute approximate surface area is 111 Å². The van der Waals surface area contributed by atoms with Gasteiger partial charge in [-0.3, -0.25) is 0 Å². The number of thiazole rings is 1. The van der Waals surface area contributed by atoms with Crippen LogP contribution in [0.5, 0.6) is 0 Å². The van der Waals surface area contributed by atoms with Crippen molar-refractivity contribution < 1.29 is 0 Å². The second-order valence-electron chi connectivity index (χ2n) is 5.12. The summed E-state index contributed by atoms with van der Waals surface area (Å²) in [5.41, 5.74) is 15.7. The summed E-state index contributed by atoms with van der Waals surface area (Å²) in [4.78, 5) is 5.62. The summed E-state index contributed by atoms with van der Waals surface area (Å²) in [5, 5.41) is 0.661. The molecular formula is C14H17N3S. The van der Waals surface area contributed by atoms with Crippen molar-refractivity contribution in [2.45, 2.75) is 31.7 Å². The largest absolute Gasteiger partial charge is 0.375 e. The van der Waals surface area contributed by atoms with Gasteiger partial charge in [-0.15, -0.1) is 11.3 Å². The van der Waals surface area contributed by atoms with Crippen LogP contribution in [0.25, 0.3) is 0 Å². The number of hydrogen-bond acceptors (Lipinski definition) is 4. The van der Waals surface area contributed by atoms with Gasteiger partial charge in [0, 0.05) is 16.8 Å². The highest BCUT2D eigenvalue weighted by molar-refractivity contribution is 7.15. The van der Waals surface area contributed by atoms with Crippen molar-refractivity contribution in [3.05, 3.63) is 46.0 Å². The van der Waals surface area contributed by atoms with Gasteiger partial charge >= 0.3 is 0 Å². The minimum Gasteiger partial charge on any atom is -0.375 e. The Hall–Kier alpha value is -1.39. The van der Waals surface area contributed by atoms with Gasteiger partial charge < -0.3 is 11.5 Å². The number of hydrogen-bond donors (Lipinski definition) is 2. The summed E-state index contributed by atoms with van der Waals surface area (Å²) in [6.45, 7) is 2.10. The normalized spacial score (nSPS) is 22.8. The predicted octanol–water partition coefficient (Wildman–Crippen LogP) is 2.38. The first-order chi connectivity index (χ1) is 8.57. The maximum atomic E-state index is 6.61. The number of benzene rings is 1. The van der Waals surface area contributed by atoms with Crippen LogP contribution < -0.4 is 11.5 Å². The van der Waals surface area contributed by atoms with Crippen LogP contribution in [0.3, 0.4) is 0 Å². The van der Waals surface area contributed by atoms with Gasteiger partial charge in [0.2, 0.25) is 0 Å². The first kappa shape index (κ1) is 11.7. The lowest BCUT2D eigenvalue weighted by Gasteiger charge is -2.33. The number of aromatic nitrogens is 1. The average molecular weight is 259 g/mol. The van der Waals surface area contributed by atoms with Crippen LogP contribution in [-0.4, -0.2) is 4.98 Å². The Kier molecular flexibility index (Phi) is 2.64. The van der Waals surface area contributed by atoms with Crippen molar-refractivity contribution >= 4 is 16.5 Å². The number of anilines is 1. The van der Waals surface area contributed by atoms with Gasteiger partial charge in [-0.25, -0.2) is 4.98 Å². The molecule has 1 unspecified atom stereocenters. The number of fused-ring (bicyclic) bond motifs is 1. The lowest BCUT2D eigenvalue weighted by molar-refractivity contribution is 0.386. The summed E-state index contributed by atoms with van der Waals surface area (Å²) in [6, 6.07) is 8.50. The molecular weight excluding hydrogens is 242 g/mol. The average Bonchev–Trinajstić information content (AvgIpc) is 2.68. The van der Waals surface area contributed by atoms with Gasteiger partial charge in [0.15, 0.2) is 5.13 Å².